The van der Waals surface area contributed by atoms with E-state index >= 15 is 0 Å². The minimum absolute atomic E-state index is 0.492. The number of rotatable bonds is 6. The Kier molecular flexibility index (Phi) is 5.49. The molecule has 0 saturated carbocycles. The van der Waals surface area contributed by atoms with Crippen molar-refractivity contribution in [3.8, 4) is 0 Å². The van der Waals surface area contributed by atoms with Crippen LogP contribution in [0.1, 0.15) is 39.5 Å². The summed E-state index contributed by atoms with van der Waals surface area (Å²) in [6, 6.07) is 0. The monoisotopic (exact) mass is 284 g/mol. The van der Waals surface area contributed by atoms with E-state index in [0.29, 0.717) is 4.08 Å². The van der Waals surface area contributed by atoms with Gasteiger partial charge in [-0.25, -0.2) is 4.98 Å². The van der Waals surface area contributed by atoms with Gasteiger partial charge in [-0.2, -0.15) is 0 Å². The first-order valence-electron chi connectivity index (χ1n) is 7.01. The fourth-order valence-corrected chi connectivity index (χ4v) is 6.00. The molecule has 102 valence electrons. The summed E-state index contributed by atoms with van der Waals surface area (Å²) in [5.74, 6) is 3.67. The third-order valence-electron chi connectivity index (χ3n) is 3.81. The molecular formula is C14H24N2S2. The highest BCUT2D eigenvalue weighted by atomic mass is 32.2. The number of hydrogen-bond donors (Lipinski definition) is 0. The van der Waals surface area contributed by atoms with Gasteiger partial charge in [0.05, 0.1) is 10.4 Å². The number of aryl methyl sites for hydroxylation is 1. The lowest BCUT2D eigenvalue weighted by atomic mass is 10.1. The predicted octanol–water partition coefficient (Wildman–Crippen LogP) is 4.28. The van der Waals surface area contributed by atoms with Crippen molar-refractivity contribution in [3.05, 3.63) is 18.7 Å². The summed E-state index contributed by atoms with van der Waals surface area (Å²) in [5, 5.41) is 0. The van der Waals surface area contributed by atoms with Crippen LogP contribution in [0.25, 0.3) is 0 Å². The predicted molar refractivity (Wildman–Crippen MR) is 83.2 cm³/mol. The molecule has 0 bridgehead atoms. The quantitative estimate of drug-likeness (QED) is 0.776. The average molecular weight is 284 g/mol. The van der Waals surface area contributed by atoms with Crippen LogP contribution in [-0.4, -0.2) is 25.1 Å². The molecule has 1 fully saturated rings. The van der Waals surface area contributed by atoms with Crippen molar-refractivity contribution in [1.29, 1.82) is 0 Å². The van der Waals surface area contributed by atoms with Crippen molar-refractivity contribution >= 4 is 23.5 Å². The van der Waals surface area contributed by atoms with Crippen molar-refractivity contribution in [1.82, 2.24) is 9.55 Å². The average Bonchev–Trinajstić information content (AvgIpc) is 2.93. The molecule has 1 saturated heterocycles. The van der Waals surface area contributed by atoms with Crippen LogP contribution in [0.4, 0.5) is 0 Å². The molecule has 1 aliphatic heterocycles. The van der Waals surface area contributed by atoms with Crippen LogP contribution >= 0.6 is 23.5 Å². The normalized spacial score (nSPS) is 28.4. The highest BCUT2D eigenvalue weighted by Crippen LogP contribution is 2.49. The zero-order valence-corrected chi connectivity index (χ0v) is 13.1. The minimum Gasteiger partial charge on any atom is -0.337 e. The van der Waals surface area contributed by atoms with E-state index in [-0.39, 0.29) is 0 Å². The summed E-state index contributed by atoms with van der Waals surface area (Å²) < 4.78 is 2.68. The Morgan fingerprint density at radius 3 is 2.67 bits per heavy atom. The van der Waals surface area contributed by atoms with E-state index in [4.69, 9.17) is 0 Å². The largest absolute Gasteiger partial charge is 0.337 e. The molecule has 0 amide bonds. The molecule has 0 radical (unpaired) electrons. The topological polar surface area (TPSA) is 17.8 Å². The Morgan fingerprint density at radius 1 is 1.33 bits per heavy atom. The van der Waals surface area contributed by atoms with E-state index in [1.165, 1.54) is 37.2 Å². The zero-order chi connectivity index (χ0) is 12.8. The molecule has 0 atom stereocenters. The van der Waals surface area contributed by atoms with Crippen LogP contribution in [0.5, 0.6) is 0 Å². The van der Waals surface area contributed by atoms with E-state index in [1.807, 2.05) is 12.5 Å². The second-order valence-electron chi connectivity index (χ2n) is 5.06. The summed E-state index contributed by atoms with van der Waals surface area (Å²) in [6.07, 6.45) is 11.1. The van der Waals surface area contributed by atoms with Gasteiger partial charge in [0, 0.05) is 18.9 Å². The minimum atomic E-state index is 0.492. The maximum Gasteiger partial charge on any atom is 0.0945 e. The van der Waals surface area contributed by atoms with Crippen LogP contribution in [0.15, 0.2) is 18.7 Å². The Bertz CT molecular complexity index is 330. The molecule has 2 heterocycles. The van der Waals surface area contributed by atoms with E-state index in [0.717, 1.165) is 12.5 Å². The van der Waals surface area contributed by atoms with E-state index in [9.17, 15) is 0 Å². The molecule has 0 N–H and O–H groups in total. The van der Waals surface area contributed by atoms with Crippen LogP contribution in [0, 0.1) is 5.92 Å². The maximum absolute atomic E-state index is 4.10. The number of nitrogens with zero attached hydrogens (tertiary/aromatic N) is 2. The molecule has 0 unspecified atom stereocenters. The summed E-state index contributed by atoms with van der Waals surface area (Å²) in [5.41, 5.74) is 0. The number of imidazole rings is 1. The van der Waals surface area contributed by atoms with Gasteiger partial charge in [0.15, 0.2) is 0 Å². The molecule has 4 heteroatoms. The zero-order valence-electron chi connectivity index (χ0n) is 11.5. The molecule has 18 heavy (non-hydrogen) atoms. The summed E-state index contributed by atoms with van der Waals surface area (Å²) >= 11 is 4.44. The van der Waals surface area contributed by atoms with Crippen LogP contribution in [0.3, 0.4) is 0 Å². The standard InChI is InChI=1S/C14H24N2S2/c1-3-13-10-17-14(4-2,18-11-13)6-5-8-16-9-7-15-12-16/h7,9,12-13H,3-6,8,10-11H2,1-2H3. The first kappa shape index (κ1) is 14.3. The fraction of sp³-hybridized carbons (Fsp3) is 0.786. The first-order valence-corrected chi connectivity index (χ1v) is 8.99. The third kappa shape index (κ3) is 3.70. The molecule has 2 rings (SSSR count). The van der Waals surface area contributed by atoms with Gasteiger partial charge in [0.2, 0.25) is 0 Å². The second-order valence-corrected chi connectivity index (χ2v) is 8.13. The number of aromatic nitrogens is 2. The number of hydrogen-bond acceptors (Lipinski definition) is 3. The lowest BCUT2D eigenvalue weighted by Crippen LogP contribution is -2.29. The van der Waals surface area contributed by atoms with E-state index < -0.39 is 0 Å². The Morgan fingerprint density at radius 2 is 2.11 bits per heavy atom. The summed E-state index contributed by atoms with van der Waals surface area (Å²) in [6.45, 7) is 5.79. The van der Waals surface area contributed by atoms with Crippen LogP contribution in [0.2, 0.25) is 0 Å². The van der Waals surface area contributed by atoms with Crippen LogP contribution in [-0.2, 0) is 6.54 Å². The SMILES string of the molecule is CCC1CSC(CC)(CCCn2ccnc2)SC1. The van der Waals surface area contributed by atoms with Gasteiger partial charge in [0.25, 0.3) is 0 Å². The first-order chi connectivity index (χ1) is 8.78. The smallest absolute Gasteiger partial charge is 0.0945 e. The van der Waals surface area contributed by atoms with Gasteiger partial charge in [-0.15, -0.1) is 23.5 Å². The van der Waals surface area contributed by atoms with Gasteiger partial charge in [-0.3, -0.25) is 0 Å². The van der Waals surface area contributed by atoms with Crippen molar-refractivity contribution < 1.29 is 0 Å². The molecule has 0 aromatic carbocycles. The molecule has 0 aliphatic carbocycles. The Labute approximate surface area is 119 Å². The van der Waals surface area contributed by atoms with Crippen LogP contribution < -0.4 is 0 Å². The summed E-state index contributed by atoms with van der Waals surface area (Å²) in [4.78, 5) is 4.10. The van der Waals surface area contributed by atoms with Gasteiger partial charge in [-0.05, 0) is 36.7 Å². The second kappa shape index (κ2) is 6.90. The highest BCUT2D eigenvalue weighted by molar-refractivity contribution is 8.18. The van der Waals surface area contributed by atoms with Crippen molar-refractivity contribution in [2.75, 3.05) is 11.5 Å². The molecule has 1 aliphatic rings. The van der Waals surface area contributed by atoms with Gasteiger partial charge < -0.3 is 4.57 Å². The highest BCUT2D eigenvalue weighted by Gasteiger charge is 2.34. The van der Waals surface area contributed by atoms with Gasteiger partial charge >= 0.3 is 0 Å². The Balaban J connectivity index is 1.78. The lowest BCUT2D eigenvalue weighted by Gasteiger charge is -2.38. The lowest BCUT2D eigenvalue weighted by molar-refractivity contribution is 0.558. The number of thioether (sulfide) groups is 2. The maximum atomic E-state index is 4.10. The molecular weight excluding hydrogens is 260 g/mol. The molecule has 2 nitrogen and oxygen atoms in total. The fourth-order valence-electron chi connectivity index (χ4n) is 2.34. The third-order valence-corrected chi connectivity index (χ3v) is 7.83. The molecule has 0 spiro atoms. The Hall–Kier alpha value is -0.0900. The van der Waals surface area contributed by atoms with Gasteiger partial charge in [0.1, 0.15) is 0 Å². The molecule has 1 aromatic heterocycles. The molecule has 1 aromatic rings. The summed E-state index contributed by atoms with van der Waals surface area (Å²) in [7, 11) is 0. The van der Waals surface area contributed by atoms with Gasteiger partial charge in [-0.1, -0.05) is 20.3 Å². The van der Waals surface area contributed by atoms with Crippen molar-refractivity contribution in [2.24, 2.45) is 5.92 Å². The van der Waals surface area contributed by atoms with Crippen molar-refractivity contribution in [2.45, 2.75) is 50.2 Å². The van der Waals surface area contributed by atoms with Crippen molar-refractivity contribution in [3.63, 3.8) is 0 Å². The van der Waals surface area contributed by atoms with E-state index in [1.54, 1.807) is 0 Å². The van der Waals surface area contributed by atoms with E-state index in [2.05, 4.69) is 53.1 Å².